The van der Waals surface area contributed by atoms with Crippen molar-refractivity contribution in [3.05, 3.63) is 70.9 Å². The van der Waals surface area contributed by atoms with Crippen LogP contribution in [0.15, 0.2) is 59.8 Å². The summed E-state index contributed by atoms with van der Waals surface area (Å²) in [6, 6.07) is 14.0. The number of urea groups is 1. The average molecular weight is 396 g/mol. The maximum Gasteiger partial charge on any atom is 0.338 e. The minimum atomic E-state index is -0.659. The Balaban J connectivity index is 1.81. The van der Waals surface area contributed by atoms with Gasteiger partial charge in [0.15, 0.2) is 11.5 Å². The normalized spacial score (nSPS) is 16.0. The van der Waals surface area contributed by atoms with Gasteiger partial charge in [-0.15, -0.1) is 0 Å². The Morgan fingerprint density at radius 1 is 1.03 bits per heavy atom. The van der Waals surface area contributed by atoms with E-state index in [9.17, 15) is 9.59 Å². The van der Waals surface area contributed by atoms with Gasteiger partial charge in [-0.1, -0.05) is 36.4 Å². The second-order valence-electron chi connectivity index (χ2n) is 6.56. The fraction of sp³-hybridized carbons (Fsp3) is 0.273. The highest BCUT2D eigenvalue weighted by Crippen LogP contribution is 2.34. The molecule has 2 N–H and O–H groups in total. The highest BCUT2D eigenvalue weighted by atomic mass is 16.5. The largest absolute Gasteiger partial charge is 0.493 e. The summed E-state index contributed by atoms with van der Waals surface area (Å²) in [7, 11) is 3.08. The zero-order valence-electron chi connectivity index (χ0n) is 16.7. The highest BCUT2D eigenvalue weighted by molar-refractivity contribution is 5.95. The maximum atomic E-state index is 12.8. The third-order valence-corrected chi connectivity index (χ3v) is 4.70. The summed E-state index contributed by atoms with van der Waals surface area (Å²) >= 11 is 0. The first kappa shape index (κ1) is 20.3. The molecule has 0 radical (unpaired) electrons. The van der Waals surface area contributed by atoms with Crippen LogP contribution in [0, 0.1) is 0 Å². The zero-order valence-corrected chi connectivity index (χ0v) is 16.7. The predicted molar refractivity (Wildman–Crippen MR) is 108 cm³/mol. The number of carbonyl (C=O) groups excluding carboxylic acids is 2. The van der Waals surface area contributed by atoms with Gasteiger partial charge in [-0.3, -0.25) is 0 Å². The number of methoxy groups -OCH3 is 2. The van der Waals surface area contributed by atoms with Gasteiger partial charge in [-0.05, 0) is 30.2 Å². The minimum Gasteiger partial charge on any atom is -0.493 e. The Hall–Kier alpha value is -3.48. The third-order valence-electron chi connectivity index (χ3n) is 4.70. The molecule has 0 saturated carbocycles. The molecule has 1 atom stereocenters. The van der Waals surface area contributed by atoms with E-state index in [1.165, 1.54) is 7.11 Å². The van der Waals surface area contributed by atoms with Gasteiger partial charge in [0.05, 0.1) is 32.4 Å². The number of amides is 2. The number of esters is 1. The lowest BCUT2D eigenvalue weighted by Crippen LogP contribution is -2.45. The van der Waals surface area contributed by atoms with Crippen molar-refractivity contribution in [3.63, 3.8) is 0 Å². The number of hydrogen-bond acceptors (Lipinski definition) is 5. The molecule has 1 heterocycles. The molecule has 3 rings (SSSR count). The molecule has 0 saturated heterocycles. The van der Waals surface area contributed by atoms with Gasteiger partial charge in [0.25, 0.3) is 0 Å². The van der Waals surface area contributed by atoms with Crippen LogP contribution in [0.5, 0.6) is 11.5 Å². The van der Waals surface area contributed by atoms with Crippen LogP contribution in [0.2, 0.25) is 0 Å². The third kappa shape index (κ3) is 4.68. The fourth-order valence-corrected chi connectivity index (χ4v) is 3.23. The van der Waals surface area contributed by atoms with Crippen molar-refractivity contribution in [3.8, 4) is 11.5 Å². The SMILES string of the molecule is COc1ccc([C@H]2NC(=O)NC(C)=C2C(=O)OCCc2ccccc2)cc1OC. The Morgan fingerprint density at radius 3 is 2.45 bits per heavy atom. The molecule has 0 aromatic heterocycles. The number of benzene rings is 2. The predicted octanol–water partition coefficient (Wildman–Crippen LogP) is 3.12. The van der Waals surface area contributed by atoms with Crippen molar-refractivity contribution in [2.75, 3.05) is 20.8 Å². The summed E-state index contributed by atoms with van der Waals surface area (Å²) in [5.41, 5.74) is 2.58. The van der Waals surface area contributed by atoms with E-state index in [2.05, 4.69) is 10.6 Å². The van der Waals surface area contributed by atoms with Gasteiger partial charge in [0.2, 0.25) is 0 Å². The first-order valence-corrected chi connectivity index (χ1v) is 9.24. The van der Waals surface area contributed by atoms with E-state index < -0.39 is 12.0 Å². The molecule has 2 aromatic rings. The summed E-state index contributed by atoms with van der Waals surface area (Å²) in [5, 5.41) is 5.43. The Bertz CT molecular complexity index is 924. The number of nitrogens with one attached hydrogen (secondary N) is 2. The standard InChI is InChI=1S/C22H24N2O5/c1-14-19(21(25)29-12-11-15-7-5-4-6-8-15)20(24-22(26)23-14)16-9-10-17(27-2)18(13-16)28-3/h4-10,13,20H,11-12H2,1-3H3,(H2,23,24,26)/t20-/m1/s1. The first-order chi connectivity index (χ1) is 14.0. The molecule has 0 fully saturated rings. The maximum absolute atomic E-state index is 12.8. The summed E-state index contributed by atoms with van der Waals surface area (Å²) in [6.45, 7) is 1.92. The number of hydrogen-bond donors (Lipinski definition) is 2. The summed E-state index contributed by atoms with van der Waals surface area (Å²) < 4.78 is 16.1. The van der Waals surface area contributed by atoms with Crippen LogP contribution in [0.25, 0.3) is 0 Å². The van der Waals surface area contributed by atoms with Gasteiger partial charge in [-0.25, -0.2) is 9.59 Å². The van der Waals surface area contributed by atoms with Crippen LogP contribution >= 0.6 is 0 Å². The topological polar surface area (TPSA) is 85.9 Å². The molecule has 2 aromatic carbocycles. The van der Waals surface area contributed by atoms with Crippen LogP contribution in [0.1, 0.15) is 24.1 Å². The molecule has 7 heteroatoms. The van der Waals surface area contributed by atoms with Crippen LogP contribution < -0.4 is 20.1 Å². The first-order valence-electron chi connectivity index (χ1n) is 9.24. The second-order valence-corrected chi connectivity index (χ2v) is 6.56. The lowest BCUT2D eigenvalue weighted by Gasteiger charge is -2.28. The lowest BCUT2D eigenvalue weighted by atomic mass is 9.95. The van der Waals surface area contributed by atoms with Crippen molar-refractivity contribution in [2.24, 2.45) is 0 Å². The van der Waals surface area contributed by atoms with Gasteiger partial charge in [-0.2, -0.15) is 0 Å². The average Bonchev–Trinajstić information content (AvgIpc) is 2.73. The van der Waals surface area contributed by atoms with Crippen LogP contribution in [0.4, 0.5) is 4.79 Å². The van der Waals surface area contributed by atoms with Gasteiger partial charge in [0, 0.05) is 12.1 Å². The van der Waals surface area contributed by atoms with Crippen molar-refractivity contribution >= 4 is 12.0 Å². The van der Waals surface area contributed by atoms with E-state index in [-0.39, 0.29) is 12.6 Å². The summed E-state index contributed by atoms with van der Waals surface area (Å²) in [4.78, 5) is 24.9. The Kier molecular flexibility index (Phi) is 6.39. The Labute approximate surface area is 169 Å². The van der Waals surface area contributed by atoms with E-state index in [1.54, 1.807) is 32.2 Å². The molecule has 0 bridgehead atoms. The smallest absolute Gasteiger partial charge is 0.338 e. The Morgan fingerprint density at radius 2 is 1.76 bits per heavy atom. The lowest BCUT2D eigenvalue weighted by molar-refractivity contribution is -0.139. The van der Waals surface area contributed by atoms with Gasteiger partial charge < -0.3 is 24.8 Å². The van der Waals surface area contributed by atoms with Gasteiger partial charge >= 0.3 is 12.0 Å². The van der Waals surface area contributed by atoms with Crippen LogP contribution in [-0.4, -0.2) is 32.8 Å². The van der Waals surface area contributed by atoms with Crippen molar-refractivity contribution in [1.82, 2.24) is 10.6 Å². The molecule has 0 aliphatic carbocycles. The fourth-order valence-electron chi connectivity index (χ4n) is 3.23. The molecule has 1 aliphatic rings. The molecule has 2 amide bonds. The number of rotatable bonds is 7. The molecular weight excluding hydrogens is 372 g/mol. The molecular formula is C22H24N2O5. The highest BCUT2D eigenvalue weighted by Gasteiger charge is 2.32. The van der Waals surface area contributed by atoms with E-state index in [4.69, 9.17) is 14.2 Å². The molecule has 152 valence electrons. The van der Waals surface area contributed by atoms with Crippen molar-refractivity contribution < 1.29 is 23.8 Å². The van der Waals surface area contributed by atoms with E-state index in [0.29, 0.717) is 34.8 Å². The van der Waals surface area contributed by atoms with Crippen LogP contribution in [-0.2, 0) is 16.0 Å². The molecule has 0 spiro atoms. The van der Waals surface area contributed by atoms with Crippen molar-refractivity contribution in [2.45, 2.75) is 19.4 Å². The number of allylic oxidation sites excluding steroid dienone is 1. The molecule has 7 nitrogen and oxygen atoms in total. The number of ether oxygens (including phenoxy) is 3. The monoisotopic (exact) mass is 396 g/mol. The molecule has 29 heavy (non-hydrogen) atoms. The quantitative estimate of drug-likeness (QED) is 0.703. The molecule has 1 aliphatic heterocycles. The molecule has 0 unspecified atom stereocenters. The summed E-state index contributed by atoms with van der Waals surface area (Å²) in [6.07, 6.45) is 0.611. The second kappa shape index (κ2) is 9.14. The van der Waals surface area contributed by atoms with Crippen molar-refractivity contribution in [1.29, 1.82) is 0 Å². The minimum absolute atomic E-state index is 0.242. The van der Waals surface area contributed by atoms with Gasteiger partial charge in [0.1, 0.15) is 0 Å². The van der Waals surface area contributed by atoms with E-state index in [0.717, 1.165) is 5.56 Å². The van der Waals surface area contributed by atoms with Crippen LogP contribution in [0.3, 0.4) is 0 Å². The zero-order chi connectivity index (χ0) is 20.8. The van der Waals surface area contributed by atoms with E-state index in [1.807, 2.05) is 30.3 Å². The summed E-state index contributed by atoms with van der Waals surface area (Å²) in [5.74, 6) is 0.585. The van der Waals surface area contributed by atoms with E-state index >= 15 is 0 Å². The number of carbonyl (C=O) groups is 2.